The molecule has 2 aromatic rings. The van der Waals surface area contributed by atoms with E-state index in [4.69, 9.17) is 11.6 Å². The van der Waals surface area contributed by atoms with E-state index >= 15 is 0 Å². The number of thiophene rings is 1. The van der Waals surface area contributed by atoms with E-state index in [1.165, 1.54) is 34.4 Å². The lowest BCUT2D eigenvalue weighted by molar-refractivity contribution is 0.0828. The van der Waals surface area contributed by atoms with Gasteiger partial charge >= 0.3 is 0 Å². The van der Waals surface area contributed by atoms with Crippen LogP contribution in [0.25, 0.3) is 0 Å². The zero-order chi connectivity index (χ0) is 16.5. The van der Waals surface area contributed by atoms with Crippen LogP contribution in [0.1, 0.15) is 15.2 Å². The average Bonchev–Trinajstić information content (AvgIpc) is 2.85. The van der Waals surface area contributed by atoms with E-state index in [-0.39, 0.29) is 15.1 Å². The molecule has 0 unspecified atom stereocenters. The summed E-state index contributed by atoms with van der Waals surface area (Å²) in [4.78, 5) is 14.2. The molecule has 0 aliphatic carbocycles. The molecule has 22 heavy (non-hydrogen) atoms. The molecule has 0 spiro atoms. The minimum absolute atomic E-state index is 0.196. The van der Waals surface area contributed by atoms with Crippen LogP contribution in [-0.4, -0.2) is 33.3 Å². The number of halogens is 1. The Hall–Kier alpha value is -1.57. The van der Waals surface area contributed by atoms with E-state index in [0.717, 1.165) is 4.88 Å². The van der Waals surface area contributed by atoms with Crippen molar-refractivity contribution in [2.24, 2.45) is 0 Å². The number of anilines is 1. The minimum atomic E-state index is -3.64. The lowest BCUT2D eigenvalue weighted by atomic mass is 10.2. The Morgan fingerprint density at radius 3 is 2.41 bits per heavy atom. The third kappa shape index (κ3) is 3.60. The molecular formula is C14H15ClN2O3S2. The van der Waals surface area contributed by atoms with E-state index in [1.807, 2.05) is 6.92 Å². The Labute approximate surface area is 138 Å². The Balaban J connectivity index is 2.28. The molecule has 2 rings (SSSR count). The number of hydrogen-bond donors (Lipinski definition) is 1. The highest BCUT2D eigenvalue weighted by Crippen LogP contribution is 2.26. The van der Waals surface area contributed by atoms with Gasteiger partial charge in [0.1, 0.15) is 4.21 Å². The van der Waals surface area contributed by atoms with Crippen LogP contribution < -0.4 is 4.72 Å². The van der Waals surface area contributed by atoms with Gasteiger partial charge in [-0.25, -0.2) is 8.42 Å². The van der Waals surface area contributed by atoms with Gasteiger partial charge in [0.25, 0.3) is 15.9 Å². The molecule has 0 radical (unpaired) electrons. The largest absolute Gasteiger partial charge is 0.345 e. The van der Waals surface area contributed by atoms with Crippen molar-refractivity contribution in [2.75, 3.05) is 18.8 Å². The molecule has 0 aliphatic rings. The number of carbonyl (C=O) groups is 1. The maximum Gasteiger partial charge on any atom is 0.271 e. The first-order valence-electron chi connectivity index (χ1n) is 6.31. The summed E-state index contributed by atoms with van der Waals surface area (Å²) in [6.07, 6.45) is 0. The van der Waals surface area contributed by atoms with Gasteiger partial charge in [0, 0.05) is 19.0 Å². The van der Waals surface area contributed by atoms with Gasteiger partial charge in [0.15, 0.2) is 0 Å². The van der Waals surface area contributed by atoms with Crippen LogP contribution in [0.15, 0.2) is 34.5 Å². The number of aryl methyl sites for hydroxylation is 1. The summed E-state index contributed by atoms with van der Waals surface area (Å²) in [6.45, 7) is 1.84. The number of nitrogens with one attached hydrogen (secondary N) is 1. The van der Waals surface area contributed by atoms with Gasteiger partial charge in [-0.2, -0.15) is 0 Å². The van der Waals surface area contributed by atoms with Crippen molar-refractivity contribution in [1.29, 1.82) is 0 Å². The Morgan fingerprint density at radius 2 is 1.91 bits per heavy atom. The summed E-state index contributed by atoms with van der Waals surface area (Å²) >= 11 is 7.25. The fourth-order valence-electron chi connectivity index (χ4n) is 1.75. The van der Waals surface area contributed by atoms with Crippen LogP contribution in [0.3, 0.4) is 0 Å². The van der Waals surface area contributed by atoms with Gasteiger partial charge in [-0.3, -0.25) is 9.52 Å². The Bertz CT molecular complexity index is 813. The van der Waals surface area contributed by atoms with Crippen molar-refractivity contribution >= 4 is 44.6 Å². The number of benzene rings is 1. The first-order chi connectivity index (χ1) is 10.2. The summed E-state index contributed by atoms with van der Waals surface area (Å²) in [5, 5.41) is 0.196. The predicted octanol–water partition coefficient (Wildman–Crippen LogP) is 3.21. The molecule has 1 N–H and O–H groups in total. The second-order valence-corrected chi connectivity index (χ2v) is 8.47. The number of nitrogens with zero attached hydrogens (tertiary/aromatic N) is 1. The van der Waals surface area contributed by atoms with E-state index in [0.29, 0.717) is 11.3 Å². The highest BCUT2D eigenvalue weighted by atomic mass is 35.5. The van der Waals surface area contributed by atoms with Gasteiger partial charge in [0.05, 0.1) is 16.3 Å². The third-order valence-corrected chi connectivity index (χ3v) is 6.02. The van der Waals surface area contributed by atoms with Crippen molar-refractivity contribution in [2.45, 2.75) is 11.1 Å². The van der Waals surface area contributed by atoms with E-state index in [1.54, 1.807) is 26.2 Å². The van der Waals surface area contributed by atoms with Crippen LogP contribution in [0.2, 0.25) is 5.02 Å². The SMILES string of the molecule is Cc1ccc(S(=O)(=O)Nc2ccc(C(=O)N(C)C)c(Cl)c2)s1. The normalized spacial score (nSPS) is 11.3. The summed E-state index contributed by atoms with van der Waals surface area (Å²) in [7, 11) is -0.405. The predicted molar refractivity (Wildman–Crippen MR) is 89.3 cm³/mol. The van der Waals surface area contributed by atoms with Crippen molar-refractivity contribution in [3.63, 3.8) is 0 Å². The van der Waals surface area contributed by atoms with Crippen LogP contribution in [0.5, 0.6) is 0 Å². The van der Waals surface area contributed by atoms with Crippen molar-refractivity contribution in [3.05, 3.63) is 45.8 Å². The number of amides is 1. The number of sulfonamides is 1. The lowest BCUT2D eigenvalue weighted by Gasteiger charge is -2.13. The van der Waals surface area contributed by atoms with Gasteiger partial charge in [0.2, 0.25) is 0 Å². The molecule has 1 heterocycles. The van der Waals surface area contributed by atoms with Gasteiger partial charge in [-0.1, -0.05) is 11.6 Å². The van der Waals surface area contributed by atoms with E-state index in [2.05, 4.69) is 4.72 Å². The van der Waals surface area contributed by atoms with Crippen LogP contribution in [0.4, 0.5) is 5.69 Å². The molecule has 0 fully saturated rings. The number of carbonyl (C=O) groups excluding carboxylic acids is 1. The lowest BCUT2D eigenvalue weighted by Crippen LogP contribution is -2.22. The fraction of sp³-hybridized carbons (Fsp3) is 0.214. The summed E-state index contributed by atoms with van der Waals surface area (Å²) < 4.78 is 27.2. The smallest absolute Gasteiger partial charge is 0.271 e. The molecule has 0 aliphatic heterocycles. The van der Waals surface area contributed by atoms with Gasteiger partial charge in [-0.15, -0.1) is 11.3 Å². The zero-order valence-corrected chi connectivity index (χ0v) is 14.6. The number of rotatable bonds is 4. The second-order valence-electron chi connectivity index (χ2n) is 4.86. The van der Waals surface area contributed by atoms with Gasteiger partial charge in [-0.05, 0) is 37.3 Å². The highest BCUT2D eigenvalue weighted by Gasteiger charge is 2.18. The van der Waals surface area contributed by atoms with E-state index in [9.17, 15) is 13.2 Å². The fourth-order valence-corrected chi connectivity index (χ4v) is 4.35. The molecular weight excluding hydrogens is 344 g/mol. The maximum atomic E-state index is 12.2. The molecule has 5 nitrogen and oxygen atoms in total. The van der Waals surface area contributed by atoms with Crippen LogP contribution in [0, 0.1) is 6.92 Å². The second kappa shape index (κ2) is 6.28. The molecule has 1 aromatic carbocycles. The quantitative estimate of drug-likeness (QED) is 0.912. The highest BCUT2D eigenvalue weighted by molar-refractivity contribution is 7.94. The van der Waals surface area contributed by atoms with E-state index < -0.39 is 10.0 Å². The standard InChI is InChI=1S/C14H15ClN2O3S2/c1-9-4-7-13(21-9)22(19,20)16-10-5-6-11(12(15)8-10)14(18)17(2)3/h4-8,16H,1-3H3. The molecule has 0 saturated carbocycles. The molecule has 0 bridgehead atoms. The molecule has 8 heteroatoms. The minimum Gasteiger partial charge on any atom is -0.345 e. The van der Waals surface area contributed by atoms with Crippen LogP contribution in [-0.2, 0) is 10.0 Å². The first-order valence-corrected chi connectivity index (χ1v) is 8.99. The summed E-state index contributed by atoms with van der Waals surface area (Å²) in [6, 6.07) is 7.73. The maximum absolute atomic E-state index is 12.2. The monoisotopic (exact) mass is 358 g/mol. The average molecular weight is 359 g/mol. The first kappa shape index (κ1) is 16.8. The van der Waals surface area contributed by atoms with Crippen LogP contribution >= 0.6 is 22.9 Å². The summed E-state index contributed by atoms with van der Waals surface area (Å²) in [5.41, 5.74) is 0.632. The molecule has 1 amide bonds. The Kier molecular flexibility index (Phi) is 4.79. The molecule has 1 aromatic heterocycles. The number of hydrogen-bond acceptors (Lipinski definition) is 4. The third-order valence-electron chi connectivity index (χ3n) is 2.84. The van der Waals surface area contributed by atoms with Gasteiger partial charge < -0.3 is 4.90 Å². The van der Waals surface area contributed by atoms with Crippen molar-refractivity contribution in [1.82, 2.24) is 4.90 Å². The Morgan fingerprint density at radius 1 is 1.23 bits per heavy atom. The van der Waals surface area contributed by atoms with Crippen molar-refractivity contribution in [3.8, 4) is 0 Å². The topological polar surface area (TPSA) is 66.5 Å². The molecule has 118 valence electrons. The molecule has 0 atom stereocenters. The molecule has 0 saturated heterocycles. The zero-order valence-electron chi connectivity index (χ0n) is 12.3. The summed E-state index contributed by atoms with van der Waals surface area (Å²) in [5.74, 6) is -0.242. The van der Waals surface area contributed by atoms with Crippen molar-refractivity contribution < 1.29 is 13.2 Å².